The first-order chi connectivity index (χ1) is 9.97. The van der Waals surface area contributed by atoms with Gasteiger partial charge in [-0.1, -0.05) is 0 Å². The van der Waals surface area contributed by atoms with E-state index < -0.39 is 6.03 Å². The van der Waals surface area contributed by atoms with Gasteiger partial charge in [0.05, 0.1) is 0 Å². The van der Waals surface area contributed by atoms with Gasteiger partial charge in [-0.25, -0.2) is 14.8 Å². The Morgan fingerprint density at radius 3 is 2.67 bits per heavy atom. The number of rotatable bonds is 3. The lowest BCUT2D eigenvalue weighted by Gasteiger charge is -2.32. The average Bonchev–Trinajstić information content (AvgIpc) is 2.47. The maximum absolute atomic E-state index is 12.1. The SMILES string of the molecule is Cc1nccc(C2CCN(C(=O)CN(C)C(N)=O)CC2)n1. The zero-order valence-corrected chi connectivity index (χ0v) is 12.5. The topological polar surface area (TPSA) is 92.4 Å². The number of likely N-dealkylation sites (tertiary alicyclic amines) is 1. The summed E-state index contributed by atoms with van der Waals surface area (Å²) >= 11 is 0. The van der Waals surface area contributed by atoms with E-state index >= 15 is 0 Å². The first-order valence-corrected chi connectivity index (χ1v) is 7.05. The molecule has 7 nitrogen and oxygen atoms in total. The predicted molar refractivity (Wildman–Crippen MR) is 77.5 cm³/mol. The van der Waals surface area contributed by atoms with Crippen molar-refractivity contribution < 1.29 is 9.59 Å². The van der Waals surface area contributed by atoms with E-state index in [1.807, 2.05) is 13.0 Å². The minimum atomic E-state index is -0.588. The van der Waals surface area contributed by atoms with Crippen LogP contribution in [0.3, 0.4) is 0 Å². The molecule has 1 saturated heterocycles. The van der Waals surface area contributed by atoms with Crippen LogP contribution in [0.1, 0.15) is 30.3 Å². The van der Waals surface area contributed by atoms with Crippen LogP contribution in [0, 0.1) is 6.92 Å². The van der Waals surface area contributed by atoms with Crippen molar-refractivity contribution in [3.8, 4) is 0 Å². The Morgan fingerprint density at radius 1 is 1.43 bits per heavy atom. The third-order valence-electron chi connectivity index (χ3n) is 3.81. The standard InChI is InChI=1S/C14H21N5O2/c1-10-16-6-3-12(17-10)11-4-7-19(8-5-11)13(20)9-18(2)14(15)21/h3,6,11H,4-5,7-9H2,1-2H3,(H2,15,21). The van der Waals surface area contributed by atoms with E-state index in [-0.39, 0.29) is 12.5 Å². The number of carbonyl (C=O) groups is 2. The molecule has 0 saturated carbocycles. The molecule has 1 fully saturated rings. The highest BCUT2D eigenvalue weighted by molar-refractivity contribution is 5.83. The smallest absolute Gasteiger partial charge is 0.314 e. The Labute approximate surface area is 124 Å². The third-order valence-corrected chi connectivity index (χ3v) is 3.81. The van der Waals surface area contributed by atoms with E-state index in [1.165, 1.54) is 11.9 Å². The van der Waals surface area contributed by atoms with Gasteiger partial charge in [0.2, 0.25) is 5.91 Å². The summed E-state index contributed by atoms with van der Waals surface area (Å²) in [6.07, 6.45) is 3.53. The molecule has 0 spiro atoms. The van der Waals surface area contributed by atoms with Crippen LogP contribution in [-0.2, 0) is 4.79 Å². The van der Waals surface area contributed by atoms with Gasteiger partial charge >= 0.3 is 6.03 Å². The minimum Gasteiger partial charge on any atom is -0.351 e. The van der Waals surface area contributed by atoms with Gasteiger partial charge in [-0.3, -0.25) is 4.79 Å². The van der Waals surface area contributed by atoms with Crippen molar-refractivity contribution in [2.24, 2.45) is 5.73 Å². The Bertz CT molecular complexity index is 526. The Morgan fingerprint density at radius 2 is 2.10 bits per heavy atom. The highest BCUT2D eigenvalue weighted by Crippen LogP contribution is 2.26. The molecule has 0 aromatic carbocycles. The zero-order chi connectivity index (χ0) is 15.4. The number of urea groups is 1. The van der Waals surface area contributed by atoms with E-state index in [4.69, 9.17) is 5.73 Å². The van der Waals surface area contributed by atoms with Crippen LogP contribution in [0.15, 0.2) is 12.3 Å². The van der Waals surface area contributed by atoms with E-state index in [0.717, 1.165) is 24.4 Å². The molecular formula is C14H21N5O2. The van der Waals surface area contributed by atoms with Crippen molar-refractivity contribution in [1.82, 2.24) is 19.8 Å². The second kappa shape index (κ2) is 6.51. The molecule has 2 heterocycles. The van der Waals surface area contributed by atoms with Gasteiger partial charge in [0.1, 0.15) is 12.4 Å². The number of aryl methyl sites for hydroxylation is 1. The van der Waals surface area contributed by atoms with Gasteiger partial charge in [0, 0.05) is 37.9 Å². The number of likely N-dealkylation sites (N-methyl/N-ethyl adjacent to an activating group) is 1. The number of hydrogen-bond acceptors (Lipinski definition) is 4. The molecule has 1 aliphatic heterocycles. The van der Waals surface area contributed by atoms with Gasteiger partial charge in [0.25, 0.3) is 0 Å². The summed E-state index contributed by atoms with van der Waals surface area (Å²) in [5.41, 5.74) is 6.17. The van der Waals surface area contributed by atoms with Crippen molar-refractivity contribution >= 4 is 11.9 Å². The summed E-state index contributed by atoms with van der Waals surface area (Å²) in [7, 11) is 1.52. The van der Waals surface area contributed by atoms with Gasteiger partial charge in [-0.15, -0.1) is 0 Å². The van der Waals surface area contributed by atoms with Crippen LogP contribution in [0.4, 0.5) is 4.79 Å². The number of hydrogen-bond donors (Lipinski definition) is 1. The van der Waals surface area contributed by atoms with Crippen LogP contribution >= 0.6 is 0 Å². The largest absolute Gasteiger partial charge is 0.351 e. The molecule has 7 heteroatoms. The van der Waals surface area contributed by atoms with Gasteiger partial charge < -0.3 is 15.5 Å². The predicted octanol–water partition coefficient (Wildman–Crippen LogP) is 0.502. The summed E-state index contributed by atoms with van der Waals surface area (Å²) in [5.74, 6) is 1.08. The van der Waals surface area contributed by atoms with Crippen molar-refractivity contribution in [2.75, 3.05) is 26.7 Å². The first-order valence-electron chi connectivity index (χ1n) is 7.05. The molecule has 0 bridgehead atoms. The number of primary amides is 1. The molecule has 114 valence electrons. The van der Waals surface area contributed by atoms with Crippen molar-refractivity contribution in [2.45, 2.75) is 25.7 Å². The fourth-order valence-corrected chi connectivity index (χ4v) is 2.51. The van der Waals surface area contributed by atoms with Crippen LogP contribution in [0.2, 0.25) is 0 Å². The molecule has 0 atom stereocenters. The monoisotopic (exact) mass is 291 g/mol. The molecule has 3 amide bonds. The van der Waals surface area contributed by atoms with Gasteiger partial charge in [-0.2, -0.15) is 0 Å². The number of piperidine rings is 1. The molecular weight excluding hydrogens is 270 g/mol. The molecule has 1 aliphatic rings. The fourth-order valence-electron chi connectivity index (χ4n) is 2.51. The van der Waals surface area contributed by atoms with E-state index in [1.54, 1.807) is 11.1 Å². The Balaban J connectivity index is 1.88. The number of nitrogens with zero attached hydrogens (tertiary/aromatic N) is 4. The van der Waals surface area contributed by atoms with Gasteiger partial charge in [-0.05, 0) is 25.8 Å². The molecule has 1 aromatic heterocycles. The number of nitrogens with two attached hydrogens (primary N) is 1. The number of aromatic nitrogens is 2. The Hall–Kier alpha value is -2.18. The lowest BCUT2D eigenvalue weighted by molar-refractivity contribution is -0.132. The second-order valence-electron chi connectivity index (χ2n) is 5.38. The van der Waals surface area contributed by atoms with Crippen LogP contribution in [0.25, 0.3) is 0 Å². The van der Waals surface area contributed by atoms with Gasteiger partial charge in [0.15, 0.2) is 0 Å². The van der Waals surface area contributed by atoms with Crippen molar-refractivity contribution in [3.05, 3.63) is 23.8 Å². The Kier molecular flexibility index (Phi) is 4.72. The molecule has 2 rings (SSSR count). The van der Waals surface area contributed by atoms with E-state index in [9.17, 15) is 9.59 Å². The number of carbonyl (C=O) groups excluding carboxylic acids is 2. The third kappa shape index (κ3) is 3.90. The van der Waals surface area contributed by atoms with Crippen LogP contribution < -0.4 is 5.73 Å². The highest BCUT2D eigenvalue weighted by atomic mass is 16.2. The van der Waals surface area contributed by atoms with Crippen LogP contribution in [-0.4, -0.2) is 58.4 Å². The molecule has 0 aliphatic carbocycles. The second-order valence-corrected chi connectivity index (χ2v) is 5.38. The summed E-state index contributed by atoms with van der Waals surface area (Å²) in [6.45, 7) is 3.27. The van der Waals surface area contributed by atoms with E-state index in [0.29, 0.717) is 19.0 Å². The first kappa shape index (κ1) is 15.2. The van der Waals surface area contributed by atoms with E-state index in [2.05, 4.69) is 9.97 Å². The minimum absolute atomic E-state index is 0.0343. The molecule has 2 N–H and O–H groups in total. The highest BCUT2D eigenvalue weighted by Gasteiger charge is 2.25. The molecule has 1 aromatic rings. The maximum atomic E-state index is 12.1. The number of amides is 3. The summed E-state index contributed by atoms with van der Waals surface area (Å²) in [6, 6.07) is 1.35. The average molecular weight is 291 g/mol. The summed E-state index contributed by atoms with van der Waals surface area (Å²) in [4.78, 5) is 34.6. The van der Waals surface area contributed by atoms with Crippen molar-refractivity contribution in [1.29, 1.82) is 0 Å². The summed E-state index contributed by atoms with van der Waals surface area (Å²) < 4.78 is 0. The lowest BCUT2D eigenvalue weighted by atomic mass is 9.93. The molecule has 0 unspecified atom stereocenters. The normalized spacial score (nSPS) is 15.8. The molecule has 21 heavy (non-hydrogen) atoms. The maximum Gasteiger partial charge on any atom is 0.314 e. The quantitative estimate of drug-likeness (QED) is 0.877. The fraction of sp³-hybridized carbons (Fsp3) is 0.571. The lowest BCUT2D eigenvalue weighted by Crippen LogP contribution is -2.45. The molecule has 0 radical (unpaired) electrons. The van der Waals surface area contributed by atoms with Crippen molar-refractivity contribution in [3.63, 3.8) is 0 Å². The zero-order valence-electron chi connectivity index (χ0n) is 12.5. The summed E-state index contributed by atoms with van der Waals surface area (Å²) in [5, 5.41) is 0. The van der Waals surface area contributed by atoms with Crippen LogP contribution in [0.5, 0.6) is 0 Å².